The summed E-state index contributed by atoms with van der Waals surface area (Å²) in [6.45, 7) is 4.51. The minimum atomic E-state index is -1.35. The van der Waals surface area contributed by atoms with Crippen molar-refractivity contribution in [2.24, 2.45) is 11.7 Å². The highest BCUT2D eigenvalue weighted by Crippen LogP contribution is 2.38. The van der Waals surface area contributed by atoms with Crippen LogP contribution in [0.25, 0.3) is 17.2 Å². The van der Waals surface area contributed by atoms with Crippen LogP contribution in [0.5, 0.6) is 0 Å². The van der Waals surface area contributed by atoms with E-state index in [1.54, 1.807) is 0 Å². The highest BCUT2D eigenvalue weighted by atomic mass is 16.4. The predicted molar refractivity (Wildman–Crippen MR) is 129 cm³/mol. The van der Waals surface area contributed by atoms with E-state index in [2.05, 4.69) is 60.4 Å². The van der Waals surface area contributed by atoms with Gasteiger partial charge in [0, 0.05) is 12.6 Å². The fourth-order valence-corrected chi connectivity index (χ4v) is 4.32. The van der Waals surface area contributed by atoms with Gasteiger partial charge in [0.15, 0.2) is 0 Å². The lowest BCUT2D eigenvalue weighted by Gasteiger charge is -2.45. The van der Waals surface area contributed by atoms with E-state index in [0.717, 1.165) is 30.5 Å². The molecule has 170 valence electrons. The number of rotatable bonds is 12. The van der Waals surface area contributed by atoms with Gasteiger partial charge >= 0.3 is 13.1 Å². The summed E-state index contributed by atoms with van der Waals surface area (Å²) in [6, 6.07) is 17.0. The van der Waals surface area contributed by atoms with Crippen molar-refractivity contribution in [1.82, 2.24) is 5.32 Å². The molecule has 32 heavy (non-hydrogen) atoms. The van der Waals surface area contributed by atoms with E-state index in [9.17, 15) is 9.90 Å². The second-order valence-corrected chi connectivity index (χ2v) is 8.84. The van der Waals surface area contributed by atoms with Crippen molar-refractivity contribution in [2.45, 2.75) is 56.5 Å². The minimum absolute atomic E-state index is 0.0718. The lowest BCUT2D eigenvalue weighted by molar-refractivity contribution is -0.148. The summed E-state index contributed by atoms with van der Waals surface area (Å²) in [4.78, 5) is 11.8. The van der Waals surface area contributed by atoms with Gasteiger partial charge in [0.2, 0.25) is 0 Å². The van der Waals surface area contributed by atoms with Crippen LogP contribution in [-0.2, 0) is 11.3 Å². The van der Waals surface area contributed by atoms with Gasteiger partial charge in [-0.15, -0.1) is 0 Å². The average Bonchev–Trinajstić information content (AvgIpc) is 2.76. The van der Waals surface area contributed by atoms with Crippen LogP contribution in [0.2, 0.25) is 6.32 Å². The summed E-state index contributed by atoms with van der Waals surface area (Å²) in [5.74, 6) is -1.04. The number of hydrogen-bond acceptors (Lipinski definition) is 5. The van der Waals surface area contributed by atoms with E-state index < -0.39 is 18.6 Å². The van der Waals surface area contributed by atoms with Gasteiger partial charge < -0.3 is 26.2 Å². The van der Waals surface area contributed by atoms with E-state index in [1.165, 1.54) is 11.1 Å². The first-order valence-corrected chi connectivity index (χ1v) is 11.3. The average molecular weight is 436 g/mol. The zero-order chi connectivity index (χ0) is 23.1. The Hall–Kier alpha value is -2.45. The summed E-state index contributed by atoms with van der Waals surface area (Å²) in [5, 5.41) is 31.0. The Morgan fingerprint density at radius 3 is 2.22 bits per heavy atom. The predicted octanol–water partition coefficient (Wildman–Crippen LogP) is 3.29. The molecule has 0 saturated heterocycles. The first-order chi connectivity index (χ1) is 15.3. The van der Waals surface area contributed by atoms with Crippen LogP contribution in [0.1, 0.15) is 43.2 Å². The number of unbranched alkanes of at least 4 members (excludes halogenated alkanes) is 1. The molecule has 3 rings (SSSR count). The van der Waals surface area contributed by atoms with Crippen molar-refractivity contribution >= 4 is 19.2 Å². The van der Waals surface area contributed by atoms with E-state index in [4.69, 9.17) is 15.8 Å². The summed E-state index contributed by atoms with van der Waals surface area (Å²) in [6.07, 6.45) is 5.01. The Morgan fingerprint density at radius 1 is 1.09 bits per heavy atom. The van der Waals surface area contributed by atoms with Gasteiger partial charge in [-0.2, -0.15) is 0 Å². The number of nitrogens with two attached hydrogens (primary N) is 1. The normalized spacial score (nSPS) is 19.6. The van der Waals surface area contributed by atoms with Crippen LogP contribution in [0.15, 0.2) is 55.1 Å². The monoisotopic (exact) mass is 436 g/mol. The first-order valence-electron chi connectivity index (χ1n) is 11.3. The second kappa shape index (κ2) is 10.9. The van der Waals surface area contributed by atoms with Gasteiger partial charge in [-0.1, -0.05) is 74.0 Å². The van der Waals surface area contributed by atoms with Gasteiger partial charge in [0.05, 0.1) is 0 Å². The largest absolute Gasteiger partial charge is 0.480 e. The summed E-state index contributed by atoms with van der Waals surface area (Å²) in [5.41, 5.74) is 9.62. The highest BCUT2D eigenvalue weighted by Gasteiger charge is 2.47. The molecule has 2 aromatic carbocycles. The number of carboxylic acids is 1. The van der Waals surface area contributed by atoms with Crippen LogP contribution >= 0.6 is 0 Å². The molecule has 0 aromatic heterocycles. The molecule has 0 aliphatic heterocycles. The van der Waals surface area contributed by atoms with Crippen molar-refractivity contribution in [3.63, 3.8) is 0 Å². The molecule has 0 radical (unpaired) electrons. The van der Waals surface area contributed by atoms with E-state index in [1.807, 2.05) is 6.08 Å². The zero-order valence-corrected chi connectivity index (χ0v) is 18.4. The van der Waals surface area contributed by atoms with Crippen molar-refractivity contribution in [2.75, 3.05) is 0 Å². The molecule has 0 heterocycles. The third kappa shape index (κ3) is 6.08. The minimum Gasteiger partial charge on any atom is -0.480 e. The van der Waals surface area contributed by atoms with Crippen LogP contribution < -0.4 is 11.1 Å². The standard InChI is InChI=1S/C25H33BN2O4/c1-2-18-5-9-20(10-6-18)21-11-7-19(8-12-21)17-28-23-15-22(16-23)25(27,24(29)30)13-3-4-14-26(31)32/h2,5-12,22-23,28,31-32H,1,3-4,13-17,27H2,(H,29,30)/t22-,23+,25?. The molecule has 1 atom stereocenters. The molecule has 0 spiro atoms. The molecule has 6 N–H and O–H groups in total. The number of nitrogens with one attached hydrogen (secondary N) is 1. The molecule has 2 aromatic rings. The Labute approximate surface area is 190 Å². The summed E-state index contributed by atoms with van der Waals surface area (Å²) < 4.78 is 0. The van der Waals surface area contributed by atoms with E-state index >= 15 is 0 Å². The molecule has 1 aliphatic carbocycles. The third-order valence-electron chi connectivity index (χ3n) is 6.60. The zero-order valence-electron chi connectivity index (χ0n) is 18.4. The molecule has 7 heteroatoms. The van der Waals surface area contributed by atoms with Gasteiger partial charge in [-0.3, -0.25) is 4.79 Å². The lowest BCUT2D eigenvalue weighted by atomic mass is 9.66. The van der Waals surface area contributed by atoms with Gasteiger partial charge in [0.1, 0.15) is 5.54 Å². The molecule has 0 amide bonds. The Bertz CT molecular complexity index is 895. The molecule has 1 saturated carbocycles. The molecule has 1 unspecified atom stereocenters. The third-order valence-corrected chi connectivity index (χ3v) is 6.60. The van der Waals surface area contributed by atoms with Crippen molar-refractivity contribution < 1.29 is 19.9 Å². The number of carbonyl (C=O) groups is 1. The topological polar surface area (TPSA) is 116 Å². The SMILES string of the molecule is C=Cc1ccc(-c2ccc(CN[C@H]3C[C@@H](C(N)(CCCCB(O)O)C(=O)O)C3)cc2)cc1. The molecular weight excluding hydrogens is 403 g/mol. The highest BCUT2D eigenvalue weighted by molar-refractivity contribution is 6.40. The van der Waals surface area contributed by atoms with Crippen LogP contribution in [0, 0.1) is 5.92 Å². The lowest BCUT2D eigenvalue weighted by Crippen LogP contribution is -2.61. The number of hydrogen-bond donors (Lipinski definition) is 5. The Balaban J connectivity index is 1.46. The fourth-order valence-electron chi connectivity index (χ4n) is 4.32. The molecule has 0 bridgehead atoms. The number of carboxylic acid groups (broad SMARTS) is 1. The first kappa shape index (κ1) is 24.2. The van der Waals surface area contributed by atoms with E-state index in [-0.39, 0.29) is 18.3 Å². The van der Waals surface area contributed by atoms with Gasteiger partial charge in [-0.25, -0.2) is 0 Å². The van der Waals surface area contributed by atoms with Crippen molar-refractivity contribution in [3.8, 4) is 11.1 Å². The van der Waals surface area contributed by atoms with Gasteiger partial charge in [-0.05, 0) is 53.8 Å². The second-order valence-electron chi connectivity index (χ2n) is 8.84. The maximum Gasteiger partial charge on any atom is 0.451 e. The molecular formula is C25H33BN2O4. The molecule has 1 aliphatic rings. The van der Waals surface area contributed by atoms with Crippen molar-refractivity contribution in [1.29, 1.82) is 0 Å². The Kier molecular flexibility index (Phi) is 8.26. The van der Waals surface area contributed by atoms with Crippen molar-refractivity contribution in [3.05, 3.63) is 66.2 Å². The summed E-state index contributed by atoms with van der Waals surface area (Å²) >= 11 is 0. The summed E-state index contributed by atoms with van der Waals surface area (Å²) in [7, 11) is -1.35. The maximum atomic E-state index is 11.8. The molecule has 1 fully saturated rings. The fraction of sp³-hybridized carbons (Fsp3) is 0.400. The van der Waals surface area contributed by atoms with Crippen LogP contribution in [-0.4, -0.2) is 39.8 Å². The quantitative estimate of drug-likeness (QED) is 0.258. The van der Waals surface area contributed by atoms with Gasteiger partial charge in [0.25, 0.3) is 0 Å². The van der Waals surface area contributed by atoms with Crippen LogP contribution in [0.4, 0.5) is 0 Å². The van der Waals surface area contributed by atoms with E-state index in [0.29, 0.717) is 19.3 Å². The smallest absolute Gasteiger partial charge is 0.451 e. The van der Waals surface area contributed by atoms with Crippen LogP contribution in [0.3, 0.4) is 0 Å². The molecule has 6 nitrogen and oxygen atoms in total. The number of benzene rings is 2. The maximum absolute atomic E-state index is 11.8. The number of aliphatic carboxylic acids is 1. The Morgan fingerprint density at radius 2 is 1.69 bits per heavy atom.